The van der Waals surface area contributed by atoms with Crippen LogP contribution in [0, 0.1) is 5.92 Å². The number of hydrogen-bond acceptors (Lipinski definition) is 2. The van der Waals surface area contributed by atoms with Gasteiger partial charge in [-0.1, -0.05) is 18.7 Å². The Bertz CT molecular complexity index is 702. The lowest BCUT2D eigenvalue weighted by Gasteiger charge is -2.26. The van der Waals surface area contributed by atoms with Crippen molar-refractivity contribution >= 4 is 17.7 Å². The summed E-state index contributed by atoms with van der Waals surface area (Å²) in [6, 6.07) is 3.77. The summed E-state index contributed by atoms with van der Waals surface area (Å²) >= 11 is 0. The molecule has 0 bridgehead atoms. The van der Waals surface area contributed by atoms with Crippen LogP contribution >= 0.6 is 0 Å². The Labute approximate surface area is 146 Å². The number of anilines is 1. The molecule has 1 aromatic carbocycles. The largest absolute Gasteiger partial charge is 0.489 e. The maximum Gasteiger partial charge on any atom is 0.248 e. The molecule has 1 aliphatic heterocycles. The van der Waals surface area contributed by atoms with Crippen LogP contribution in [0.15, 0.2) is 30.9 Å². The topological polar surface area (TPSA) is 38.3 Å². The first kappa shape index (κ1) is 17.6. The van der Waals surface area contributed by atoms with E-state index in [1.807, 2.05) is 31.2 Å². The number of rotatable bonds is 4. The van der Waals surface area contributed by atoms with E-state index in [0.29, 0.717) is 18.5 Å². The number of benzene rings is 1. The summed E-state index contributed by atoms with van der Waals surface area (Å²) in [7, 11) is 0. The Balaban J connectivity index is 1.81. The van der Waals surface area contributed by atoms with Crippen LogP contribution in [0.5, 0.6) is 5.75 Å². The SMILES string of the molecule is C=CC(=O)Nc1cc(/C=C/C2CCC(F)(F)CC2)c2c(c1)C[C@H](C)O2. The van der Waals surface area contributed by atoms with Crippen molar-refractivity contribution in [1.29, 1.82) is 0 Å². The number of hydrogen-bond donors (Lipinski definition) is 1. The summed E-state index contributed by atoms with van der Waals surface area (Å²) in [4.78, 5) is 11.6. The molecule has 0 saturated heterocycles. The van der Waals surface area contributed by atoms with Gasteiger partial charge in [-0.2, -0.15) is 0 Å². The molecular formula is C20H23F2NO2. The molecule has 0 spiro atoms. The minimum atomic E-state index is -2.51. The van der Waals surface area contributed by atoms with E-state index < -0.39 is 5.92 Å². The summed E-state index contributed by atoms with van der Waals surface area (Å²) < 4.78 is 32.5. The average molecular weight is 347 g/mol. The van der Waals surface area contributed by atoms with Crippen molar-refractivity contribution < 1.29 is 18.3 Å². The third kappa shape index (κ3) is 4.27. The van der Waals surface area contributed by atoms with E-state index in [0.717, 1.165) is 23.3 Å². The fourth-order valence-electron chi connectivity index (χ4n) is 3.45. The number of halogens is 2. The smallest absolute Gasteiger partial charge is 0.248 e. The van der Waals surface area contributed by atoms with Crippen molar-refractivity contribution in [2.24, 2.45) is 5.92 Å². The highest BCUT2D eigenvalue weighted by Gasteiger charge is 2.34. The summed E-state index contributed by atoms with van der Waals surface area (Å²) in [6.45, 7) is 5.46. The zero-order valence-electron chi connectivity index (χ0n) is 14.4. The monoisotopic (exact) mass is 347 g/mol. The fourth-order valence-corrected chi connectivity index (χ4v) is 3.45. The first-order valence-corrected chi connectivity index (χ1v) is 8.69. The van der Waals surface area contributed by atoms with Crippen LogP contribution < -0.4 is 10.1 Å². The van der Waals surface area contributed by atoms with Crippen molar-refractivity contribution in [3.8, 4) is 5.75 Å². The molecule has 3 rings (SSSR count). The van der Waals surface area contributed by atoms with Gasteiger partial charge in [0.25, 0.3) is 0 Å². The number of nitrogens with one attached hydrogen (secondary N) is 1. The van der Waals surface area contributed by atoms with Gasteiger partial charge in [0.2, 0.25) is 11.8 Å². The molecule has 1 aliphatic carbocycles. The molecule has 1 heterocycles. The minimum Gasteiger partial charge on any atom is -0.489 e. The Morgan fingerprint density at radius 2 is 2.08 bits per heavy atom. The normalized spacial score (nSPS) is 22.4. The van der Waals surface area contributed by atoms with Crippen LogP contribution in [0.2, 0.25) is 0 Å². The molecular weight excluding hydrogens is 324 g/mol. The second kappa shape index (κ2) is 6.98. The predicted molar refractivity (Wildman–Crippen MR) is 95.0 cm³/mol. The molecule has 134 valence electrons. The van der Waals surface area contributed by atoms with Crippen LogP contribution in [0.25, 0.3) is 6.08 Å². The minimum absolute atomic E-state index is 0.0525. The summed E-state index contributed by atoms with van der Waals surface area (Å²) in [6.07, 6.45) is 6.91. The summed E-state index contributed by atoms with van der Waals surface area (Å²) in [5, 5.41) is 2.78. The van der Waals surface area contributed by atoms with Crippen molar-refractivity contribution in [3.63, 3.8) is 0 Å². The third-order valence-corrected chi connectivity index (χ3v) is 4.78. The van der Waals surface area contributed by atoms with Crippen LogP contribution in [0.4, 0.5) is 14.5 Å². The van der Waals surface area contributed by atoms with Gasteiger partial charge in [0.1, 0.15) is 11.9 Å². The van der Waals surface area contributed by atoms with Gasteiger partial charge in [0, 0.05) is 36.1 Å². The molecule has 1 N–H and O–H groups in total. The molecule has 25 heavy (non-hydrogen) atoms. The second-order valence-corrected chi connectivity index (χ2v) is 6.93. The Kier molecular flexibility index (Phi) is 4.93. The highest BCUT2D eigenvalue weighted by Crippen LogP contribution is 2.39. The molecule has 0 unspecified atom stereocenters. The van der Waals surface area contributed by atoms with Gasteiger partial charge in [0.05, 0.1) is 0 Å². The standard InChI is InChI=1S/C20H23F2NO2/c1-3-18(24)23-17-11-15(19-16(12-17)10-13(2)25-19)5-4-14-6-8-20(21,22)9-7-14/h3-5,11-14H,1,6-10H2,2H3,(H,23,24)/b5-4+/t13-/m0/s1. The third-order valence-electron chi connectivity index (χ3n) is 4.78. The molecule has 5 heteroatoms. The lowest BCUT2D eigenvalue weighted by atomic mass is 9.86. The van der Waals surface area contributed by atoms with E-state index in [4.69, 9.17) is 4.74 Å². The van der Waals surface area contributed by atoms with Crippen LogP contribution in [0.1, 0.15) is 43.7 Å². The van der Waals surface area contributed by atoms with E-state index in [2.05, 4.69) is 11.9 Å². The number of ether oxygens (including phenoxy) is 1. The van der Waals surface area contributed by atoms with Crippen molar-refractivity contribution in [2.75, 3.05) is 5.32 Å². The van der Waals surface area contributed by atoms with Gasteiger partial charge in [-0.15, -0.1) is 0 Å². The Morgan fingerprint density at radius 1 is 1.36 bits per heavy atom. The van der Waals surface area contributed by atoms with Crippen LogP contribution in [-0.4, -0.2) is 17.9 Å². The molecule has 1 atom stereocenters. The first-order valence-electron chi connectivity index (χ1n) is 8.69. The quantitative estimate of drug-likeness (QED) is 0.781. The Morgan fingerprint density at radius 3 is 2.76 bits per heavy atom. The number of fused-ring (bicyclic) bond motifs is 1. The molecule has 1 saturated carbocycles. The molecule has 0 aromatic heterocycles. The van der Waals surface area contributed by atoms with Gasteiger partial charge >= 0.3 is 0 Å². The fraction of sp³-hybridized carbons (Fsp3) is 0.450. The molecule has 1 fully saturated rings. The molecule has 1 aromatic rings. The maximum absolute atomic E-state index is 13.3. The summed E-state index contributed by atoms with van der Waals surface area (Å²) in [5.74, 6) is -1.81. The van der Waals surface area contributed by atoms with E-state index in [9.17, 15) is 13.6 Å². The van der Waals surface area contributed by atoms with Gasteiger partial charge < -0.3 is 10.1 Å². The van der Waals surface area contributed by atoms with Gasteiger partial charge in [-0.25, -0.2) is 8.78 Å². The van der Waals surface area contributed by atoms with Crippen molar-refractivity contribution in [1.82, 2.24) is 0 Å². The Hall–Kier alpha value is -2.17. The molecule has 0 radical (unpaired) electrons. The van der Waals surface area contributed by atoms with Crippen LogP contribution in [0.3, 0.4) is 0 Å². The summed E-state index contributed by atoms with van der Waals surface area (Å²) in [5.41, 5.74) is 2.61. The van der Waals surface area contributed by atoms with E-state index in [1.54, 1.807) is 0 Å². The highest BCUT2D eigenvalue weighted by atomic mass is 19.3. The molecule has 1 amide bonds. The van der Waals surface area contributed by atoms with Gasteiger partial charge in [-0.3, -0.25) is 4.79 Å². The van der Waals surface area contributed by atoms with Gasteiger partial charge in [-0.05, 0) is 43.9 Å². The number of amides is 1. The molecule has 3 nitrogen and oxygen atoms in total. The highest BCUT2D eigenvalue weighted by molar-refractivity contribution is 5.99. The van der Waals surface area contributed by atoms with Crippen molar-refractivity contribution in [3.05, 3.63) is 42.0 Å². The number of carbonyl (C=O) groups excluding carboxylic acids is 1. The van der Waals surface area contributed by atoms with E-state index >= 15 is 0 Å². The lowest BCUT2D eigenvalue weighted by molar-refractivity contribution is -0.111. The van der Waals surface area contributed by atoms with Crippen molar-refractivity contribution in [2.45, 2.75) is 51.1 Å². The average Bonchev–Trinajstić information content (AvgIpc) is 2.93. The predicted octanol–water partition coefficient (Wildman–Crippen LogP) is 4.97. The van der Waals surface area contributed by atoms with Gasteiger partial charge in [0.15, 0.2) is 0 Å². The first-order chi connectivity index (χ1) is 11.9. The lowest BCUT2D eigenvalue weighted by Crippen LogP contribution is -2.23. The van der Waals surface area contributed by atoms with E-state index in [-0.39, 0.29) is 30.8 Å². The number of alkyl halides is 2. The zero-order chi connectivity index (χ0) is 18.0. The number of allylic oxidation sites excluding steroid dienone is 1. The zero-order valence-corrected chi connectivity index (χ0v) is 14.4. The van der Waals surface area contributed by atoms with Crippen LogP contribution in [-0.2, 0) is 11.2 Å². The second-order valence-electron chi connectivity index (χ2n) is 6.93. The molecule has 2 aliphatic rings. The van der Waals surface area contributed by atoms with E-state index in [1.165, 1.54) is 6.08 Å². The number of carbonyl (C=O) groups is 1. The maximum atomic E-state index is 13.3.